The zero-order valence-corrected chi connectivity index (χ0v) is 6.53. The maximum atomic E-state index is 5.67. The van der Waals surface area contributed by atoms with Crippen LogP contribution >= 0.6 is 11.6 Å². The van der Waals surface area contributed by atoms with Crippen LogP contribution in [-0.2, 0) is 4.74 Å². The van der Waals surface area contributed by atoms with E-state index in [0.717, 1.165) is 12.2 Å². The summed E-state index contributed by atoms with van der Waals surface area (Å²) in [4.78, 5) is 0. The zero-order valence-electron chi connectivity index (χ0n) is 5.78. The molecule has 52 valence electrons. The van der Waals surface area contributed by atoms with E-state index in [1.807, 2.05) is 6.92 Å². The summed E-state index contributed by atoms with van der Waals surface area (Å²) in [5.41, 5.74) is 0. The topological polar surface area (TPSA) is 9.23 Å². The molecule has 0 spiro atoms. The highest BCUT2D eigenvalue weighted by Gasteiger charge is 1.95. The summed E-state index contributed by atoms with van der Waals surface area (Å²) < 4.78 is 4.93. The molecular formula is C7H11ClO. The van der Waals surface area contributed by atoms with Crippen LogP contribution in [0.1, 0.15) is 13.3 Å². The van der Waals surface area contributed by atoms with Crippen LogP contribution in [0, 0.1) is 0 Å². The van der Waals surface area contributed by atoms with Gasteiger partial charge in [-0.15, -0.1) is 0 Å². The van der Waals surface area contributed by atoms with Crippen LogP contribution in [-0.4, -0.2) is 7.11 Å². The Labute approximate surface area is 61.0 Å². The van der Waals surface area contributed by atoms with Gasteiger partial charge in [-0.25, -0.2) is 0 Å². The molecule has 0 rings (SSSR count). The van der Waals surface area contributed by atoms with E-state index >= 15 is 0 Å². The van der Waals surface area contributed by atoms with Crippen LogP contribution in [0.5, 0.6) is 0 Å². The molecule has 0 aromatic carbocycles. The number of hydrogen-bond donors (Lipinski definition) is 0. The van der Waals surface area contributed by atoms with Gasteiger partial charge >= 0.3 is 0 Å². The molecular weight excluding hydrogens is 136 g/mol. The van der Waals surface area contributed by atoms with Gasteiger partial charge in [-0.2, -0.15) is 0 Å². The van der Waals surface area contributed by atoms with Crippen molar-refractivity contribution in [3.05, 3.63) is 23.4 Å². The molecule has 0 N–H and O–H groups in total. The molecule has 1 nitrogen and oxygen atoms in total. The molecule has 0 amide bonds. The third-order valence-electron chi connectivity index (χ3n) is 1.01. The second-order valence-corrected chi connectivity index (χ2v) is 1.94. The maximum absolute atomic E-state index is 5.67. The van der Waals surface area contributed by atoms with E-state index in [4.69, 9.17) is 16.3 Å². The van der Waals surface area contributed by atoms with Crippen LogP contribution in [0.3, 0.4) is 0 Å². The quantitative estimate of drug-likeness (QED) is 0.440. The predicted molar refractivity (Wildman–Crippen MR) is 40.4 cm³/mol. The summed E-state index contributed by atoms with van der Waals surface area (Å²) in [5, 5.41) is 0.597. The summed E-state index contributed by atoms with van der Waals surface area (Å²) in [6.45, 7) is 5.48. The van der Waals surface area contributed by atoms with E-state index < -0.39 is 0 Å². The second-order valence-electron chi connectivity index (χ2n) is 1.53. The van der Waals surface area contributed by atoms with Crippen LogP contribution in [0.15, 0.2) is 23.4 Å². The average molecular weight is 147 g/mol. The second kappa shape index (κ2) is 4.45. The number of allylic oxidation sites excluding steroid dienone is 3. The first-order valence-corrected chi connectivity index (χ1v) is 3.19. The van der Waals surface area contributed by atoms with Gasteiger partial charge in [0.05, 0.1) is 12.1 Å². The minimum atomic E-state index is 0.597. The fourth-order valence-electron chi connectivity index (χ4n) is 0.525. The SMILES string of the molecule is C=C/C(Cl)=C(\CC)OC. The fourth-order valence-corrected chi connectivity index (χ4v) is 0.735. The zero-order chi connectivity index (χ0) is 7.28. The van der Waals surface area contributed by atoms with Gasteiger partial charge in [0, 0.05) is 6.42 Å². The van der Waals surface area contributed by atoms with E-state index in [2.05, 4.69) is 6.58 Å². The van der Waals surface area contributed by atoms with Crippen molar-refractivity contribution in [3.63, 3.8) is 0 Å². The van der Waals surface area contributed by atoms with Gasteiger partial charge < -0.3 is 4.74 Å². The maximum Gasteiger partial charge on any atom is 0.114 e. The first kappa shape index (κ1) is 8.57. The number of halogens is 1. The van der Waals surface area contributed by atoms with Crippen LogP contribution in [0.2, 0.25) is 0 Å². The Balaban J connectivity index is 4.17. The van der Waals surface area contributed by atoms with Gasteiger partial charge in [0.25, 0.3) is 0 Å². The number of ether oxygens (including phenoxy) is 1. The van der Waals surface area contributed by atoms with Crippen LogP contribution in [0.25, 0.3) is 0 Å². The lowest BCUT2D eigenvalue weighted by molar-refractivity contribution is 0.279. The summed E-state index contributed by atoms with van der Waals surface area (Å²) in [5.74, 6) is 0.784. The van der Waals surface area contributed by atoms with Crippen LogP contribution < -0.4 is 0 Å². The van der Waals surface area contributed by atoms with E-state index in [0.29, 0.717) is 5.03 Å². The monoisotopic (exact) mass is 146 g/mol. The predicted octanol–water partition coefficient (Wildman–Crippen LogP) is 2.68. The Kier molecular flexibility index (Phi) is 4.24. The smallest absolute Gasteiger partial charge is 0.114 e. The molecule has 0 aromatic rings. The highest BCUT2D eigenvalue weighted by atomic mass is 35.5. The standard InChI is InChI=1S/C7H11ClO/c1-4-6(8)7(5-2)9-3/h4H,1,5H2,2-3H3/b7-6-. The highest BCUT2D eigenvalue weighted by molar-refractivity contribution is 6.31. The van der Waals surface area contributed by atoms with Gasteiger partial charge in [0.2, 0.25) is 0 Å². The third kappa shape index (κ3) is 2.56. The molecule has 0 radical (unpaired) electrons. The molecule has 0 bridgehead atoms. The Hall–Kier alpha value is -0.430. The molecule has 0 unspecified atom stereocenters. The lowest BCUT2D eigenvalue weighted by Crippen LogP contribution is -1.85. The van der Waals surface area contributed by atoms with E-state index in [9.17, 15) is 0 Å². The molecule has 0 aromatic heterocycles. The lowest BCUT2D eigenvalue weighted by atomic mass is 10.3. The van der Waals surface area contributed by atoms with E-state index in [-0.39, 0.29) is 0 Å². The molecule has 2 heteroatoms. The molecule has 0 heterocycles. The third-order valence-corrected chi connectivity index (χ3v) is 1.38. The lowest BCUT2D eigenvalue weighted by Gasteiger charge is -2.01. The molecule has 9 heavy (non-hydrogen) atoms. The number of rotatable bonds is 3. The Morgan fingerprint density at radius 2 is 2.33 bits per heavy atom. The Morgan fingerprint density at radius 1 is 1.78 bits per heavy atom. The highest BCUT2D eigenvalue weighted by Crippen LogP contribution is 2.13. The summed E-state index contributed by atoms with van der Waals surface area (Å²) in [6, 6.07) is 0. The van der Waals surface area contributed by atoms with Crippen molar-refractivity contribution in [2.45, 2.75) is 13.3 Å². The van der Waals surface area contributed by atoms with Gasteiger partial charge in [-0.05, 0) is 6.08 Å². The fraction of sp³-hybridized carbons (Fsp3) is 0.429. The molecule has 0 atom stereocenters. The van der Waals surface area contributed by atoms with E-state index in [1.165, 1.54) is 0 Å². The van der Waals surface area contributed by atoms with Crippen molar-refractivity contribution >= 4 is 11.6 Å². The van der Waals surface area contributed by atoms with Crippen molar-refractivity contribution in [3.8, 4) is 0 Å². The minimum absolute atomic E-state index is 0.597. The van der Waals surface area contributed by atoms with E-state index in [1.54, 1.807) is 13.2 Å². The van der Waals surface area contributed by atoms with Crippen molar-refractivity contribution in [2.24, 2.45) is 0 Å². The van der Waals surface area contributed by atoms with Crippen molar-refractivity contribution in [1.82, 2.24) is 0 Å². The number of methoxy groups -OCH3 is 1. The Bertz CT molecular complexity index is 121. The molecule has 0 aliphatic heterocycles. The molecule has 0 fully saturated rings. The van der Waals surface area contributed by atoms with Crippen LogP contribution in [0.4, 0.5) is 0 Å². The largest absolute Gasteiger partial charge is 0.500 e. The van der Waals surface area contributed by atoms with Gasteiger partial charge in [-0.1, -0.05) is 25.1 Å². The molecule has 0 aliphatic carbocycles. The van der Waals surface area contributed by atoms with Gasteiger partial charge in [0.1, 0.15) is 5.76 Å². The van der Waals surface area contributed by atoms with Crippen molar-refractivity contribution < 1.29 is 4.74 Å². The number of hydrogen-bond acceptors (Lipinski definition) is 1. The first-order valence-electron chi connectivity index (χ1n) is 2.81. The molecule has 0 saturated carbocycles. The van der Waals surface area contributed by atoms with Gasteiger partial charge in [-0.3, -0.25) is 0 Å². The average Bonchev–Trinajstić information content (AvgIpc) is 1.90. The first-order chi connectivity index (χ1) is 4.26. The van der Waals surface area contributed by atoms with Crippen molar-refractivity contribution in [1.29, 1.82) is 0 Å². The summed E-state index contributed by atoms with van der Waals surface area (Å²) in [6.07, 6.45) is 2.38. The van der Waals surface area contributed by atoms with Crippen molar-refractivity contribution in [2.75, 3.05) is 7.11 Å². The summed E-state index contributed by atoms with van der Waals surface area (Å²) in [7, 11) is 1.60. The molecule has 0 aliphatic rings. The minimum Gasteiger partial charge on any atom is -0.500 e. The molecule has 0 saturated heterocycles. The Morgan fingerprint density at radius 3 is 2.44 bits per heavy atom. The van der Waals surface area contributed by atoms with Gasteiger partial charge in [0.15, 0.2) is 0 Å². The normalized spacial score (nSPS) is 12.3. The summed E-state index contributed by atoms with van der Waals surface area (Å²) >= 11 is 5.67.